The Labute approximate surface area is 186 Å². The topological polar surface area (TPSA) is 103 Å². The van der Waals surface area contributed by atoms with Gasteiger partial charge in [0.25, 0.3) is 15.9 Å². The van der Waals surface area contributed by atoms with E-state index in [9.17, 15) is 17.6 Å². The lowest BCUT2D eigenvalue weighted by Gasteiger charge is -2.23. The minimum absolute atomic E-state index is 0.0996. The molecule has 0 unspecified atom stereocenters. The third-order valence-electron chi connectivity index (χ3n) is 4.72. The molecule has 1 aromatic heterocycles. The number of pyridine rings is 1. The van der Waals surface area contributed by atoms with Gasteiger partial charge in [-0.1, -0.05) is 12.1 Å². The average molecular weight is 453 g/mol. The number of rotatable bonds is 8. The first kappa shape index (κ1) is 22.9. The quantitative estimate of drug-likeness (QED) is 0.559. The Kier molecular flexibility index (Phi) is 7.18. The second-order valence-electron chi connectivity index (χ2n) is 7.09. The fourth-order valence-corrected chi connectivity index (χ4v) is 4.13. The third-order valence-corrected chi connectivity index (χ3v) is 6.10. The van der Waals surface area contributed by atoms with Crippen molar-refractivity contribution in [3.8, 4) is 6.07 Å². The Hall–Kier alpha value is -3.77. The molecule has 9 heteroatoms. The van der Waals surface area contributed by atoms with E-state index in [4.69, 9.17) is 5.26 Å². The Morgan fingerprint density at radius 1 is 1.19 bits per heavy atom. The number of aromatic nitrogens is 1. The molecule has 164 valence electrons. The summed E-state index contributed by atoms with van der Waals surface area (Å²) in [5.41, 5.74) is 1.81. The molecule has 0 spiro atoms. The van der Waals surface area contributed by atoms with Crippen molar-refractivity contribution in [3.63, 3.8) is 0 Å². The van der Waals surface area contributed by atoms with Crippen LogP contribution in [0, 0.1) is 24.1 Å². The number of benzene rings is 2. The highest BCUT2D eigenvalue weighted by Crippen LogP contribution is 2.21. The third kappa shape index (κ3) is 5.68. The van der Waals surface area contributed by atoms with E-state index in [0.29, 0.717) is 5.56 Å². The molecular weight excluding hydrogens is 431 g/mol. The van der Waals surface area contributed by atoms with Crippen molar-refractivity contribution in [2.24, 2.45) is 0 Å². The fourth-order valence-electron chi connectivity index (χ4n) is 3.05. The molecule has 0 atom stereocenters. The molecule has 0 saturated carbocycles. The van der Waals surface area contributed by atoms with Crippen molar-refractivity contribution in [2.75, 3.05) is 11.3 Å². The smallest absolute Gasteiger partial charge is 0.261 e. The number of carbonyl (C=O) groups is 1. The number of carbonyl (C=O) groups excluding carboxylic acids is 1. The molecule has 0 aliphatic carbocycles. The van der Waals surface area contributed by atoms with E-state index in [1.165, 1.54) is 29.2 Å². The molecule has 32 heavy (non-hydrogen) atoms. The highest BCUT2D eigenvalue weighted by atomic mass is 32.2. The van der Waals surface area contributed by atoms with Crippen LogP contribution in [-0.2, 0) is 16.6 Å². The van der Waals surface area contributed by atoms with Crippen LogP contribution < -0.4 is 4.72 Å². The summed E-state index contributed by atoms with van der Waals surface area (Å²) in [4.78, 5) is 18.7. The van der Waals surface area contributed by atoms with Crippen molar-refractivity contribution in [1.29, 1.82) is 5.26 Å². The number of amides is 1. The molecule has 3 rings (SSSR count). The second kappa shape index (κ2) is 10.0. The van der Waals surface area contributed by atoms with Crippen LogP contribution in [0.15, 0.2) is 71.9 Å². The van der Waals surface area contributed by atoms with Crippen LogP contribution in [-0.4, -0.2) is 30.8 Å². The summed E-state index contributed by atoms with van der Waals surface area (Å²) in [5, 5.41) is 8.98. The van der Waals surface area contributed by atoms with Crippen molar-refractivity contribution < 1.29 is 17.6 Å². The zero-order chi connectivity index (χ0) is 23.1. The normalized spacial score (nSPS) is 10.9. The Bertz CT molecular complexity index is 1240. The molecule has 7 nitrogen and oxygen atoms in total. The fraction of sp³-hybridized carbons (Fsp3) is 0.174. The van der Waals surface area contributed by atoms with Crippen molar-refractivity contribution in [2.45, 2.75) is 24.8 Å². The molecule has 0 fully saturated rings. The van der Waals surface area contributed by atoms with E-state index < -0.39 is 15.8 Å². The maximum atomic E-state index is 13.3. The first-order valence-corrected chi connectivity index (χ1v) is 11.2. The van der Waals surface area contributed by atoms with E-state index in [1.807, 2.05) is 12.1 Å². The van der Waals surface area contributed by atoms with E-state index in [2.05, 4.69) is 9.71 Å². The molecule has 0 aliphatic rings. The maximum Gasteiger partial charge on any atom is 0.261 e. The molecule has 2 aromatic carbocycles. The molecule has 1 N–H and O–H groups in total. The van der Waals surface area contributed by atoms with Gasteiger partial charge in [0, 0.05) is 36.7 Å². The largest absolute Gasteiger partial charge is 0.333 e. The second-order valence-corrected chi connectivity index (χ2v) is 8.77. The van der Waals surface area contributed by atoms with E-state index in [-0.39, 0.29) is 41.6 Å². The molecule has 1 amide bonds. The molecule has 0 bridgehead atoms. The van der Waals surface area contributed by atoms with Gasteiger partial charge >= 0.3 is 0 Å². The number of nitrogens with zero attached hydrogens (tertiary/aromatic N) is 3. The van der Waals surface area contributed by atoms with Crippen LogP contribution in [0.5, 0.6) is 0 Å². The highest BCUT2D eigenvalue weighted by molar-refractivity contribution is 7.92. The minimum Gasteiger partial charge on any atom is -0.333 e. The number of anilines is 1. The summed E-state index contributed by atoms with van der Waals surface area (Å²) in [6.45, 7) is 2.14. The number of hydrogen-bond acceptors (Lipinski definition) is 5. The van der Waals surface area contributed by atoms with Crippen molar-refractivity contribution in [1.82, 2.24) is 9.88 Å². The lowest BCUT2D eigenvalue weighted by atomic mass is 10.1. The van der Waals surface area contributed by atoms with Gasteiger partial charge < -0.3 is 4.90 Å². The van der Waals surface area contributed by atoms with Gasteiger partial charge in [-0.3, -0.25) is 14.5 Å². The summed E-state index contributed by atoms with van der Waals surface area (Å²) in [6.07, 6.45) is 3.39. The molecular formula is C23H21FN4O3S. The van der Waals surface area contributed by atoms with Gasteiger partial charge in [-0.05, 0) is 60.5 Å². The summed E-state index contributed by atoms with van der Waals surface area (Å²) in [7, 11) is -4.01. The number of nitriles is 1. The van der Waals surface area contributed by atoms with Gasteiger partial charge in [0.2, 0.25) is 0 Å². The summed E-state index contributed by atoms with van der Waals surface area (Å²) < 4.78 is 41.1. The number of halogens is 1. The van der Waals surface area contributed by atoms with Crippen LogP contribution in [0.2, 0.25) is 0 Å². The zero-order valence-electron chi connectivity index (χ0n) is 17.3. The lowest BCUT2D eigenvalue weighted by Crippen LogP contribution is -2.32. The van der Waals surface area contributed by atoms with Crippen molar-refractivity contribution >= 4 is 21.6 Å². The van der Waals surface area contributed by atoms with Crippen LogP contribution in [0.25, 0.3) is 0 Å². The molecule has 1 heterocycles. The summed E-state index contributed by atoms with van der Waals surface area (Å²) >= 11 is 0. The van der Waals surface area contributed by atoms with Gasteiger partial charge in [0.1, 0.15) is 5.82 Å². The summed E-state index contributed by atoms with van der Waals surface area (Å²) in [5.74, 6) is -0.873. The maximum absolute atomic E-state index is 13.3. The van der Waals surface area contributed by atoms with Crippen LogP contribution in [0.4, 0.5) is 10.1 Å². The van der Waals surface area contributed by atoms with Gasteiger partial charge in [0.05, 0.1) is 17.4 Å². The molecule has 0 radical (unpaired) electrons. The predicted octanol–water partition coefficient (Wildman–Crippen LogP) is 3.89. The molecule has 0 aliphatic heterocycles. The lowest BCUT2D eigenvalue weighted by molar-refractivity contribution is 0.0745. The minimum atomic E-state index is -4.01. The number of hydrogen-bond donors (Lipinski definition) is 1. The van der Waals surface area contributed by atoms with Gasteiger partial charge in [-0.2, -0.15) is 5.26 Å². The van der Waals surface area contributed by atoms with Gasteiger partial charge in [-0.25, -0.2) is 12.8 Å². The highest BCUT2D eigenvalue weighted by Gasteiger charge is 2.22. The standard InChI is InChI=1S/C23H21FN4O3S/c1-17-5-10-21(32(30,31)27-20-8-6-19(24)7-9-20)14-22(17)23(29)28(13-3-11-25)16-18-4-2-12-26-15-18/h2,4-10,12,14-15,27H,3,13,16H2,1H3. The van der Waals surface area contributed by atoms with E-state index in [1.54, 1.807) is 31.5 Å². The number of sulfonamides is 1. The predicted molar refractivity (Wildman–Crippen MR) is 118 cm³/mol. The monoisotopic (exact) mass is 452 g/mol. The van der Waals surface area contributed by atoms with Crippen LogP contribution in [0.3, 0.4) is 0 Å². The Morgan fingerprint density at radius 2 is 1.94 bits per heavy atom. The van der Waals surface area contributed by atoms with E-state index >= 15 is 0 Å². The van der Waals surface area contributed by atoms with E-state index in [0.717, 1.165) is 17.7 Å². The zero-order valence-corrected chi connectivity index (χ0v) is 18.1. The first-order valence-electron chi connectivity index (χ1n) is 9.74. The SMILES string of the molecule is Cc1ccc(S(=O)(=O)Nc2ccc(F)cc2)cc1C(=O)N(CCC#N)Cc1cccnc1. The summed E-state index contributed by atoms with van der Waals surface area (Å²) in [6, 6.07) is 14.8. The average Bonchev–Trinajstić information content (AvgIpc) is 2.78. The Morgan fingerprint density at radius 3 is 2.59 bits per heavy atom. The van der Waals surface area contributed by atoms with Crippen LogP contribution >= 0.6 is 0 Å². The number of nitrogens with one attached hydrogen (secondary N) is 1. The molecule has 0 saturated heterocycles. The van der Waals surface area contributed by atoms with Gasteiger partial charge in [0.15, 0.2) is 0 Å². The first-order chi connectivity index (χ1) is 15.3. The van der Waals surface area contributed by atoms with Crippen LogP contribution in [0.1, 0.15) is 27.9 Å². The Balaban J connectivity index is 1.90. The molecule has 3 aromatic rings. The van der Waals surface area contributed by atoms with Crippen molar-refractivity contribution in [3.05, 3.63) is 89.5 Å². The number of aryl methyl sites for hydroxylation is 1. The van der Waals surface area contributed by atoms with Gasteiger partial charge in [-0.15, -0.1) is 0 Å².